The molecule has 316 valence electrons. The smallest absolute Gasteiger partial charge is 0.148 e. The number of hydrogen-bond acceptors (Lipinski definition) is 3. The monoisotopic (exact) mass is 1030 g/mol. The molecular weight excluding hydrogens is 950 g/mol. The summed E-state index contributed by atoms with van der Waals surface area (Å²) < 4.78 is 208. The summed E-state index contributed by atoms with van der Waals surface area (Å²) in [6.45, 7) is -30.1. The molecule has 5 heteroatoms. The number of fused-ring (bicyclic) bond motifs is 1. The number of phenolic OH excluding ortho intramolecular Hbond substituents is 1. The zero-order valence-corrected chi connectivity index (χ0v) is 35.5. The molecule has 2 aromatic heterocycles. The van der Waals surface area contributed by atoms with Crippen molar-refractivity contribution in [2.24, 2.45) is 0 Å². The third-order valence-electron chi connectivity index (χ3n) is 10.7. The molecule has 9 rings (SSSR count). The van der Waals surface area contributed by atoms with Crippen LogP contribution in [0, 0.1) is 19.8 Å². The maximum atomic E-state index is 13.0. The first-order valence-corrected chi connectivity index (χ1v) is 19.5. The van der Waals surface area contributed by atoms with E-state index in [0.717, 1.165) is 5.56 Å². The maximum Gasteiger partial charge on any atom is 0.148 e. The summed E-state index contributed by atoms with van der Waals surface area (Å²) in [5.41, 5.74) is -7.52. The van der Waals surface area contributed by atoms with Gasteiger partial charge in [0.2, 0.25) is 0 Å². The molecule has 0 amide bonds. The van der Waals surface area contributed by atoms with Gasteiger partial charge in [0.1, 0.15) is 11.6 Å². The third-order valence-corrected chi connectivity index (χ3v) is 10.7. The Morgan fingerprint density at radius 1 is 0.556 bits per heavy atom. The molecule has 1 N–H and O–H groups in total. The number of benzene rings is 7. The minimum Gasteiger partial charge on any atom is -0.507 e. The van der Waals surface area contributed by atoms with E-state index in [4.69, 9.17) is 42.9 Å². The van der Waals surface area contributed by atoms with Crippen LogP contribution in [0.2, 0.25) is 0 Å². The van der Waals surface area contributed by atoms with E-state index in [0.29, 0.717) is 45.1 Å². The van der Waals surface area contributed by atoms with E-state index >= 15 is 0 Å². The molecule has 0 radical (unpaired) electrons. The number of para-hydroxylation sites is 1. The Morgan fingerprint density at radius 3 is 1.95 bits per heavy atom. The number of aromatic hydroxyl groups is 1. The second-order valence-electron chi connectivity index (χ2n) is 15.0. The van der Waals surface area contributed by atoms with Crippen molar-refractivity contribution in [3.8, 4) is 78.6 Å². The van der Waals surface area contributed by atoms with Gasteiger partial charge < -0.3 is 5.11 Å². The number of aromatic nitrogens is 3. The first-order valence-electron chi connectivity index (χ1n) is 31.5. The summed E-state index contributed by atoms with van der Waals surface area (Å²) in [6.07, 6.45) is 1.56. The Hall–Kier alpha value is -6.35. The molecule has 4 nitrogen and oxygen atoms in total. The molecule has 0 aliphatic carbocycles. The Bertz CT molecular complexity index is 3930. The molecule has 0 fully saturated rings. The maximum absolute atomic E-state index is 13.0. The zero-order valence-electron chi connectivity index (χ0n) is 57.2. The van der Waals surface area contributed by atoms with Crippen LogP contribution in [0.5, 0.6) is 5.75 Å². The van der Waals surface area contributed by atoms with Gasteiger partial charge in [-0.1, -0.05) is 184 Å². The van der Waals surface area contributed by atoms with Crippen molar-refractivity contribution in [3.63, 3.8) is 0 Å². The second-order valence-corrected chi connectivity index (χ2v) is 15.0. The molecule has 0 aliphatic rings. The van der Waals surface area contributed by atoms with Crippen molar-refractivity contribution in [2.45, 2.75) is 65.6 Å². The molecule has 2 heterocycles. The average Bonchev–Trinajstić information content (AvgIpc) is 1.29. The Labute approximate surface area is 420 Å². The van der Waals surface area contributed by atoms with E-state index < -0.39 is 93.9 Å². The van der Waals surface area contributed by atoms with Crippen LogP contribution in [0.1, 0.15) is 96.3 Å². The van der Waals surface area contributed by atoms with Crippen LogP contribution in [0.25, 0.3) is 83.9 Å². The predicted octanol–water partition coefficient (Wildman–Crippen LogP) is 15.1. The summed E-state index contributed by atoms with van der Waals surface area (Å²) >= 11 is 0. The summed E-state index contributed by atoms with van der Waals surface area (Å²) in [5.74, 6) is -2.08. The fraction of sp³-hybridized carbons (Fsp3) is 0.172. The minimum atomic E-state index is -4.24. The normalized spacial score (nSPS) is 19.0. The summed E-state index contributed by atoms with van der Waals surface area (Å²) in [4.78, 5) is 9.78. The van der Waals surface area contributed by atoms with Gasteiger partial charge in [-0.2, -0.15) is 0 Å². The van der Waals surface area contributed by atoms with Gasteiger partial charge in [0.25, 0.3) is 0 Å². The molecule has 0 bridgehead atoms. The average molecular weight is 1030 g/mol. The Kier molecular flexibility index (Phi) is 6.19. The van der Waals surface area contributed by atoms with Gasteiger partial charge in [-0.05, 0) is 82.7 Å². The number of phenols is 1. The molecule has 63 heavy (non-hydrogen) atoms. The van der Waals surface area contributed by atoms with Crippen LogP contribution in [-0.4, -0.2) is 19.6 Å². The first kappa shape index (κ1) is 22.8. The molecule has 0 atom stereocenters. The van der Waals surface area contributed by atoms with E-state index in [1.807, 2.05) is 36.4 Å². The van der Waals surface area contributed by atoms with Gasteiger partial charge in [0, 0.05) is 77.0 Å². The second kappa shape index (κ2) is 17.1. The van der Waals surface area contributed by atoms with Crippen molar-refractivity contribution < 1.29 is 59.1 Å². The van der Waals surface area contributed by atoms with Gasteiger partial charge in [-0.3, -0.25) is 9.55 Å². The molecule has 0 unspecified atom stereocenters. The van der Waals surface area contributed by atoms with Crippen LogP contribution < -0.4 is 0 Å². The quantitative estimate of drug-likeness (QED) is 0.162. The molecular formula is C58H52N3OPt-. The van der Waals surface area contributed by atoms with E-state index in [9.17, 15) is 5.11 Å². The summed E-state index contributed by atoms with van der Waals surface area (Å²) in [5, 5.41) is 13.0. The van der Waals surface area contributed by atoms with Crippen LogP contribution in [0.4, 0.5) is 0 Å². The van der Waals surface area contributed by atoms with Gasteiger partial charge in [0.15, 0.2) is 0 Å². The predicted molar refractivity (Wildman–Crippen MR) is 259 cm³/mol. The Balaban J connectivity index is 0.00000982. The van der Waals surface area contributed by atoms with Gasteiger partial charge >= 0.3 is 0 Å². The zero-order chi connectivity index (χ0) is 63.3. The number of nitrogens with zero attached hydrogens (tertiary/aromatic N) is 3. The molecule has 0 saturated heterocycles. The molecule has 0 spiro atoms. The van der Waals surface area contributed by atoms with Crippen LogP contribution in [0.15, 0.2) is 164 Å². The van der Waals surface area contributed by atoms with Crippen molar-refractivity contribution >= 4 is 11.0 Å². The number of imidazole rings is 1. The minimum absolute atomic E-state index is 0. The largest absolute Gasteiger partial charge is 0.507 e. The number of aryl methyl sites for hydroxylation is 2. The fourth-order valence-corrected chi connectivity index (χ4v) is 7.70. The number of hydrogen-bond donors (Lipinski definition) is 1. The fourth-order valence-electron chi connectivity index (χ4n) is 7.70. The van der Waals surface area contributed by atoms with Crippen LogP contribution in [-0.2, 0) is 31.9 Å². The van der Waals surface area contributed by atoms with Gasteiger partial charge in [-0.25, -0.2) is 4.98 Å². The SMILES string of the molecule is [2H]C([2H])([2H])c1ccc(-c2ccnc(-c3[c-]c(-c4cccc5c4nc(-c4cc(C(C([2H])([2H])[2H])(C([2H])([2H])[2H])C([2H])([2H])[2H])cc(C(C([2H])([2H])[2H])(C([2H])([2H])[2H])C([2H])([2H])[2H])c4O)n5-c4ccc(C([2H])([2H])[2H])cc4-c4ccccc4)cc(-c4ccccc4)c3)c2)cc1.[Pt]. The summed E-state index contributed by atoms with van der Waals surface area (Å²) in [7, 11) is 0. The molecule has 9 aromatic rings. The van der Waals surface area contributed by atoms with Crippen molar-refractivity contribution in [1.29, 1.82) is 0 Å². The standard InChI is InChI=1S/C58H52N3O.Pt/c1-37-22-25-40(26-23-37)42-28-29-59-51(34-42)45-32-43(39-16-11-9-12-17-39)31-44(33-45)47-20-15-21-53-54(47)60-56(49-35-46(57(3,4)5)36-50(55(49)62)58(6,7)8)61(53)52-27-24-38(2)30-48(52)41-18-13-10-14-19-41;/h9-32,34-36,62H,1-8H3;/q-1;/i1D3,2D3,3D3,4D3,5D3,6D3,7D3,8D3;. The number of pyridine rings is 1. The molecule has 0 aliphatic heterocycles. The van der Waals surface area contributed by atoms with E-state index in [-0.39, 0.29) is 66.1 Å². The number of rotatable bonds is 7. The van der Waals surface area contributed by atoms with Crippen LogP contribution >= 0.6 is 0 Å². The molecule has 0 saturated carbocycles. The Morgan fingerprint density at radius 2 is 1.24 bits per heavy atom. The molecule has 7 aromatic carbocycles. The third kappa shape index (κ3) is 8.58. The van der Waals surface area contributed by atoms with Gasteiger partial charge in [-0.15, -0.1) is 23.8 Å². The van der Waals surface area contributed by atoms with Gasteiger partial charge in [0.05, 0.1) is 22.3 Å². The van der Waals surface area contributed by atoms with E-state index in [1.54, 1.807) is 79.0 Å². The summed E-state index contributed by atoms with van der Waals surface area (Å²) in [6, 6.07) is 43.9. The van der Waals surface area contributed by atoms with Crippen molar-refractivity contribution in [3.05, 3.63) is 192 Å². The van der Waals surface area contributed by atoms with Crippen LogP contribution in [0.3, 0.4) is 0 Å². The van der Waals surface area contributed by atoms with Crippen molar-refractivity contribution in [1.82, 2.24) is 14.5 Å². The van der Waals surface area contributed by atoms with Crippen molar-refractivity contribution in [2.75, 3.05) is 0 Å². The first-order chi connectivity index (χ1) is 39.6. The van der Waals surface area contributed by atoms with E-state index in [1.165, 1.54) is 41.0 Å². The topological polar surface area (TPSA) is 50.9 Å². The van der Waals surface area contributed by atoms with E-state index in [2.05, 4.69) is 6.07 Å².